The summed E-state index contributed by atoms with van der Waals surface area (Å²) in [7, 11) is 0. The van der Waals surface area contributed by atoms with Crippen molar-refractivity contribution in [2.75, 3.05) is 26.3 Å². The molecule has 0 aliphatic carbocycles. The molecule has 0 aromatic rings. The first-order chi connectivity index (χ1) is 6.69. The largest absolute Gasteiger partial charge is 0.450 e. The van der Waals surface area contributed by atoms with E-state index in [4.69, 9.17) is 15.2 Å². The number of amides is 1. The first kappa shape index (κ1) is 11.3. The maximum Gasteiger partial charge on any atom is 0.410 e. The van der Waals surface area contributed by atoms with E-state index in [1.165, 1.54) is 0 Å². The molecule has 1 aliphatic heterocycles. The number of nitrogens with zero attached hydrogens (tertiary/aromatic N) is 1. The highest BCUT2D eigenvalue weighted by molar-refractivity contribution is 5.68. The summed E-state index contributed by atoms with van der Waals surface area (Å²) in [6, 6.07) is 0.0665. The van der Waals surface area contributed by atoms with E-state index in [-0.39, 0.29) is 18.2 Å². The summed E-state index contributed by atoms with van der Waals surface area (Å²) in [5.74, 6) is 0. The second-order valence-corrected chi connectivity index (χ2v) is 3.39. The molecule has 14 heavy (non-hydrogen) atoms. The van der Waals surface area contributed by atoms with Gasteiger partial charge in [-0.3, -0.25) is 0 Å². The third kappa shape index (κ3) is 2.59. The van der Waals surface area contributed by atoms with Gasteiger partial charge in [0.1, 0.15) is 0 Å². The Bertz CT molecular complexity index is 198. The van der Waals surface area contributed by atoms with Crippen molar-refractivity contribution in [3.8, 4) is 0 Å². The summed E-state index contributed by atoms with van der Waals surface area (Å²) in [6.45, 7) is 5.61. The maximum atomic E-state index is 11.5. The predicted octanol–water partition coefficient (Wildman–Crippen LogP) is 0.191. The van der Waals surface area contributed by atoms with Gasteiger partial charge in [0.05, 0.1) is 31.9 Å². The van der Waals surface area contributed by atoms with Gasteiger partial charge in [0.15, 0.2) is 0 Å². The third-order valence-corrected chi connectivity index (χ3v) is 2.27. The maximum absolute atomic E-state index is 11.5. The number of nitrogens with two attached hydrogens (primary N) is 1. The van der Waals surface area contributed by atoms with Crippen molar-refractivity contribution in [3.05, 3.63) is 0 Å². The molecule has 5 heteroatoms. The van der Waals surface area contributed by atoms with E-state index < -0.39 is 0 Å². The van der Waals surface area contributed by atoms with Gasteiger partial charge in [0.25, 0.3) is 0 Å². The van der Waals surface area contributed by atoms with Crippen LogP contribution in [0.5, 0.6) is 0 Å². The van der Waals surface area contributed by atoms with E-state index >= 15 is 0 Å². The van der Waals surface area contributed by atoms with Gasteiger partial charge in [-0.25, -0.2) is 4.79 Å². The molecule has 0 saturated carbocycles. The van der Waals surface area contributed by atoms with Gasteiger partial charge in [-0.05, 0) is 13.8 Å². The van der Waals surface area contributed by atoms with Crippen molar-refractivity contribution in [2.24, 2.45) is 5.73 Å². The number of carbonyl (C=O) groups is 1. The zero-order chi connectivity index (χ0) is 10.6. The fourth-order valence-electron chi connectivity index (χ4n) is 1.42. The van der Waals surface area contributed by atoms with Crippen LogP contribution in [-0.4, -0.2) is 49.4 Å². The van der Waals surface area contributed by atoms with Gasteiger partial charge in [-0.1, -0.05) is 0 Å². The van der Waals surface area contributed by atoms with Crippen LogP contribution in [0.1, 0.15) is 13.8 Å². The number of hydrogen-bond acceptors (Lipinski definition) is 4. The number of carbonyl (C=O) groups excluding carboxylic acids is 1. The Morgan fingerprint density at radius 3 is 3.00 bits per heavy atom. The Balaban J connectivity index is 2.51. The Kier molecular flexibility index (Phi) is 4.16. The quantitative estimate of drug-likeness (QED) is 0.694. The van der Waals surface area contributed by atoms with E-state index in [1.807, 2.05) is 6.92 Å². The average molecular weight is 202 g/mol. The molecule has 1 saturated heterocycles. The minimum atomic E-state index is -0.276. The first-order valence-corrected chi connectivity index (χ1v) is 4.94. The highest BCUT2D eigenvalue weighted by Crippen LogP contribution is 2.12. The minimum Gasteiger partial charge on any atom is -0.450 e. The molecule has 0 aromatic heterocycles. The van der Waals surface area contributed by atoms with Crippen molar-refractivity contribution in [3.63, 3.8) is 0 Å². The summed E-state index contributed by atoms with van der Waals surface area (Å²) in [4.78, 5) is 13.1. The lowest BCUT2D eigenvalue weighted by Crippen LogP contribution is -2.53. The van der Waals surface area contributed by atoms with E-state index in [2.05, 4.69) is 0 Å². The minimum absolute atomic E-state index is 0.0596. The molecule has 0 radical (unpaired) electrons. The van der Waals surface area contributed by atoms with Gasteiger partial charge in [0.2, 0.25) is 0 Å². The van der Waals surface area contributed by atoms with Gasteiger partial charge < -0.3 is 20.1 Å². The number of morpholine rings is 1. The average Bonchev–Trinajstić information content (AvgIpc) is 2.19. The third-order valence-electron chi connectivity index (χ3n) is 2.27. The van der Waals surface area contributed by atoms with E-state index in [0.717, 1.165) is 0 Å². The van der Waals surface area contributed by atoms with Gasteiger partial charge >= 0.3 is 6.09 Å². The highest BCUT2D eigenvalue weighted by atomic mass is 16.6. The Labute approximate surface area is 84.1 Å². The Morgan fingerprint density at radius 1 is 1.71 bits per heavy atom. The molecule has 2 unspecified atom stereocenters. The molecule has 2 atom stereocenters. The Hall–Kier alpha value is -0.810. The molecule has 0 aromatic carbocycles. The fourth-order valence-corrected chi connectivity index (χ4v) is 1.42. The van der Waals surface area contributed by atoms with Crippen LogP contribution in [0.3, 0.4) is 0 Å². The lowest BCUT2D eigenvalue weighted by atomic mass is 10.2. The fraction of sp³-hybridized carbons (Fsp3) is 0.889. The molecule has 2 N–H and O–H groups in total. The molecule has 1 rings (SSSR count). The van der Waals surface area contributed by atoms with Crippen LogP contribution in [-0.2, 0) is 9.47 Å². The molecule has 1 amide bonds. The summed E-state index contributed by atoms with van der Waals surface area (Å²) >= 11 is 0. The van der Waals surface area contributed by atoms with Gasteiger partial charge in [0, 0.05) is 6.54 Å². The zero-order valence-corrected chi connectivity index (χ0v) is 8.73. The van der Waals surface area contributed by atoms with Gasteiger partial charge in [-0.15, -0.1) is 0 Å². The summed E-state index contributed by atoms with van der Waals surface area (Å²) in [5.41, 5.74) is 5.48. The number of ether oxygens (including phenoxy) is 2. The van der Waals surface area contributed by atoms with Crippen molar-refractivity contribution in [1.82, 2.24) is 4.90 Å². The molecular weight excluding hydrogens is 184 g/mol. The molecule has 82 valence electrons. The molecule has 1 aliphatic rings. The standard InChI is InChI=1S/C9H18N2O3/c1-3-13-9(12)11-5-8(4-10)14-6-7(11)2/h7-8H,3-6,10H2,1-2H3. The molecule has 0 spiro atoms. The second-order valence-electron chi connectivity index (χ2n) is 3.39. The smallest absolute Gasteiger partial charge is 0.410 e. The topological polar surface area (TPSA) is 64.8 Å². The van der Waals surface area contributed by atoms with Crippen LogP contribution in [0.15, 0.2) is 0 Å². The monoisotopic (exact) mass is 202 g/mol. The molecule has 0 bridgehead atoms. The van der Waals surface area contributed by atoms with Crippen molar-refractivity contribution in [2.45, 2.75) is 26.0 Å². The van der Waals surface area contributed by atoms with Crippen LogP contribution in [0, 0.1) is 0 Å². The van der Waals surface area contributed by atoms with Crippen molar-refractivity contribution >= 4 is 6.09 Å². The van der Waals surface area contributed by atoms with Crippen LogP contribution in [0.2, 0.25) is 0 Å². The Morgan fingerprint density at radius 2 is 2.43 bits per heavy atom. The lowest BCUT2D eigenvalue weighted by molar-refractivity contribution is -0.0486. The lowest BCUT2D eigenvalue weighted by Gasteiger charge is -2.36. The van der Waals surface area contributed by atoms with Crippen molar-refractivity contribution < 1.29 is 14.3 Å². The molecular formula is C9H18N2O3. The molecule has 1 fully saturated rings. The van der Waals surface area contributed by atoms with Crippen LogP contribution in [0.4, 0.5) is 4.79 Å². The van der Waals surface area contributed by atoms with Crippen molar-refractivity contribution in [1.29, 1.82) is 0 Å². The predicted molar refractivity (Wildman–Crippen MR) is 52.0 cm³/mol. The van der Waals surface area contributed by atoms with E-state index in [1.54, 1.807) is 11.8 Å². The highest BCUT2D eigenvalue weighted by Gasteiger charge is 2.29. The number of rotatable bonds is 2. The van der Waals surface area contributed by atoms with Crippen LogP contribution < -0.4 is 5.73 Å². The van der Waals surface area contributed by atoms with Crippen LogP contribution in [0.25, 0.3) is 0 Å². The zero-order valence-electron chi connectivity index (χ0n) is 8.73. The SMILES string of the molecule is CCOC(=O)N1CC(CN)OCC1C. The number of hydrogen-bond donors (Lipinski definition) is 1. The normalized spacial score (nSPS) is 27.5. The van der Waals surface area contributed by atoms with E-state index in [9.17, 15) is 4.79 Å². The van der Waals surface area contributed by atoms with Gasteiger partial charge in [-0.2, -0.15) is 0 Å². The second kappa shape index (κ2) is 5.17. The van der Waals surface area contributed by atoms with E-state index in [0.29, 0.717) is 26.3 Å². The summed E-state index contributed by atoms with van der Waals surface area (Å²) in [6.07, 6.45) is -0.336. The summed E-state index contributed by atoms with van der Waals surface area (Å²) in [5, 5.41) is 0. The molecule has 1 heterocycles. The molecule has 5 nitrogen and oxygen atoms in total. The van der Waals surface area contributed by atoms with Crippen LogP contribution >= 0.6 is 0 Å². The summed E-state index contributed by atoms with van der Waals surface area (Å²) < 4.78 is 10.4. The first-order valence-electron chi connectivity index (χ1n) is 4.94.